The molecule has 1 rings (SSSR count). The van der Waals surface area contributed by atoms with Gasteiger partial charge in [0.05, 0.1) is 0 Å². The lowest BCUT2D eigenvalue weighted by molar-refractivity contribution is -0.136. The molecule has 0 amide bonds. The minimum absolute atomic E-state index is 0.168. The average Bonchev–Trinajstić information content (AvgIpc) is 2.40. The van der Waals surface area contributed by atoms with Gasteiger partial charge in [-0.3, -0.25) is 0 Å². The monoisotopic (exact) mass is 150 g/mol. The molecule has 0 bridgehead atoms. The van der Waals surface area contributed by atoms with Crippen LogP contribution in [-0.4, -0.2) is 6.18 Å². The minimum Gasteiger partial charge on any atom is -0.171 e. The molecule has 1 unspecified atom stereocenters. The number of alkyl halides is 3. The molecule has 58 valence electrons. The first-order valence-corrected chi connectivity index (χ1v) is 3.23. The molecular weight excluding hydrogens is 141 g/mol. The van der Waals surface area contributed by atoms with E-state index < -0.39 is 12.6 Å². The van der Waals surface area contributed by atoms with Crippen molar-refractivity contribution in [2.75, 3.05) is 0 Å². The minimum atomic E-state index is -3.98. The lowest BCUT2D eigenvalue weighted by Gasteiger charge is -2.03. The summed E-state index contributed by atoms with van der Waals surface area (Å²) in [5.41, 5.74) is 0.976. The molecule has 0 saturated heterocycles. The highest BCUT2D eigenvalue weighted by molar-refractivity contribution is 5.18. The fraction of sp³-hybridized carbons (Fsp3) is 0.714. The molecule has 0 nitrogen and oxygen atoms in total. The van der Waals surface area contributed by atoms with E-state index in [1.807, 2.05) is 0 Å². The van der Waals surface area contributed by atoms with Crippen LogP contribution in [-0.2, 0) is 0 Å². The van der Waals surface area contributed by atoms with Crippen LogP contribution in [0.5, 0.6) is 0 Å². The Hall–Kier alpha value is -0.470. The summed E-state index contributed by atoms with van der Waals surface area (Å²) in [7, 11) is 0. The molecule has 0 aromatic carbocycles. The van der Waals surface area contributed by atoms with Crippen molar-refractivity contribution in [2.45, 2.75) is 25.4 Å². The Labute approximate surface area is 57.7 Å². The van der Waals surface area contributed by atoms with Gasteiger partial charge in [-0.1, -0.05) is 12.2 Å². The third-order valence-electron chi connectivity index (χ3n) is 1.70. The Morgan fingerprint density at radius 1 is 1.50 bits per heavy atom. The van der Waals surface area contributed by atoms with Gasteiger partial charge in [0.15, 0.2) is 0 Å². The van der Waals surface area contributed by atoms with E-state index >= 15 is 0 Å². The fourth-order valence-electron chi connectivity index (χ4n) is 0.902. The highest BCUT2D eigenvalue weighted by Crippen LogP contribution is 2.41. The van der Waals surface area contributed by atoms with Crippen molar-refractivity contribution in [1.82, 2.24) is 0 Å². The zero-order chi connectivity index (χ0) is 7.78. The molecule has 3 heteroatoms. The van der Waals surface area contributed by atoms with E-state index in [2.05, 4.69) is 6.58 Å². The van der Waals surface area contributed by atoms with Gasteiger partial charge in [0.1, 0.15) is 0 Å². The summed E-state index contributed by atoms with van der Waals surface area (Å²) in [4.78, 5) is 0. The van der Waals surface area contributed by atoms with Crippen molar-refractivity contribution in [3.05, 3.63) is 12.2 Å². The van der Waals surface area contributed by atoms with E-state index in [-0.39, 0.29) is 12.3 Å². The third-order valence-corrected chi connectivity index (χ3v) is 1.70. The van der Waals surface area contributed by atoms with Crippen LogP contribution in [0, 0.1) is 5.92 Å². The van der Waals surface area contributed by atoms with Gasteiger partial charge in [-0.15, -0.1) is 0 Å². The van der Waals surface area contributed by atoms with Gasteiger partial charge in [-0.25, -0.2) is 0 Å². The first-order valence-electron chi connectivity index (χ1n) is 3.23. The van der Waals surface area contributed by atoms with Gasteiger partial charge in [0, 0.05) is 6.42 Å². The molecule has 10 heavy (non-hydrogen) atoms. The van der Waals surface area contributed by atoms with Gasteiger partial charge in [-0.2, -0.15) is 13.2 Å². The fourth-order valence-corrected chi connectivity index (χ4v) is 0.902. The number of rotatable bonds is 2. The quantitative estimate of drug-likeness (QED) is 0.531. The van der Waals surface area contributed by atoms with Crippen molar-refractivity contribution < 1.29 is 13.2 Å². The van der Waals surface area contributed by atoms with Gasteiger partial charge in [0.2, 0.25) is 0 Å². The Kier molecular flexibility index (Phi) is 1.75. The van der Waals surface area contributed by atoms with Gasteiger partial charge >= 0.3 is 6.18 Å². The zero-order valence-electron chi connectivity index (χ0n) is 5.54. The zero-order valence-corrected chi connectivity index (χ0v) is 5.54. The molecule has 0 radical (unpaired) electrons. The smallest absolute Gasteiger partial charge is 0.171 e. The molecule has 1 atom stereocenters. The molecule has 1 saturated carbocycles. The largest absolute Gasteiger partial charge is 0.389 e. The molecule has 1 aliphatic carbocycles. The Morgan fingerprint density at radius 3 is 2.30 bits per heavy atom. The summed E-state index contributed by atoms with van der Waals surface area (Å²) in [5, 5.41) is 0. The topological polar surface area (TPSA) is 0 Å². The van der Waals surface area contributed by atoms with E-state index in [0.717, 1.165) is 12.0 Å². The second kappa shape index (κ2) is 2.29. The third kappa shape index (κ3) is 2.42. The van der Waals surface area contributed by atoms with Crippen LogP contribution in [0.2, 0.25) is 0 Å². The summed E-state index contributed by atoms with van der Waals surface area (Å²) in [5.74, 6) is 0.168. The van der Waals surface area contributed by atoms with Crippen molar-refractivity contribution >= 4 is 0 Å². The van der Waals surface area contributed by atoms with Crippen LogP contribution in [0.15, 0.2) is 12.2 Å². The molecule has 0 N–H and O–H groups in total. The van der Waals surface area contributed by atoms with E-state index in [4.69, 9.17) is 0 Å². The van der Waals surface area contributed by atoms with E-state index in [0.29, 0.717) is 0 Å². The molecule has 0 aromatic rings. The van der Waals surface area contributed by atoms with Gasteiger partial charge in [-0.05, 0) is 18.8 Å². The lowest BCUT2D eigenvalue weighted by Crippen LogP contribution is -2.06. The first-order chi connectivity index (χ1) is 4.49. The number of hydrogen-bond acceptors (Lipinski definition) is 0. The summed E-state index contributed by atoms with van der Waals surface area (Å²) in [6.45, 7) is 3.58. The summed E-state index contributed by atoms with van der Waals surface area (Å²) >= 11 is 0. The Bertz CT molecular complexity index is 145. The van der Waals surface area contributed by atoms with Crippen LogP contribution in [0.1, 0.15) is 19.3 Å². The van der Waals surface area contributed by atoms with Gasteiger partial charge in [0.25, 0.3) is 0 Å². The molecule has 1 aliphatic rings. The molecule has 0 heterocycles. The van der Waals surface area contributed by atoms with Crippen molar-refractivity contribution in [2.24, 2.45) is 5.92 Å². The Balaban J connectivity index is 2.12. The van der Waals surface area contributed by atoms with Crippen molar-refractivity contribution in [1.29, 1.82) is 0 Å². The standard InChI is InChI=1S/C7H9F3/c1-5-4-6(5)2-3-7(8,9)10/h6H,1-4H2. The van der Waals surface area contributed by atoms with E-state index in [9.17, 15) is 13.2 Å². The maximum absolute atomic E-state index is 11.5. The maximum atomic E-state index is 11.5. The van der Waals surface area contributed by atoms with Gasteiger partial charge < -0.3 is 0 Å². The number of hydrogen-bond donors (Lipinski definition) is 0. The predicted molar refractivity (Wildman–Crippen MR) is 32.5 cm³/mol. The molecular formula is C7H9F3. The SMILES string of the molecule is C=C1CC1CCC(F)(F)F. The molecule has 0 spiro atoms. The highest BCUT2D eigenvalue weighted by Gasteiger charge is 2.33. The second-order valence-electron chi connectivity index (χ2n) is 2.71. The van der Waals surface area contributed by atoms with E-state index in [1.165, 1.54) is 0 Å². The first kappa shape index (κ1) is 7.63. The van der Waals surface area contributed by atoms with Crippen LogP contribution in [0.25, 0.3) is 0 Å². The number of halogens is 3. The maximum Gasteiger partial charge on any atom is 0.389 e. The summed E-state index contributed by atoms with van der Waals surface area (Å²) in [6, 6.07) is 0. The van der Waals surface area contributed by atoms with Crippen LogP contribution < -0.4 is 0 Å². The predicted octanol–water partition coefficient (Wildman–Crippen LogP) is 2.91. The summed E-state index contributed by atoms with van der Waals surface area (Å²) < 4.78 is 34.6. The Morgan fingerprint density at radius 2 is 2.00 bits per heavy atom. The average molecular weight is 150 g/mol. The molecule has 0 aliphatic heterocycles. The van der Waals surface area contributed by atoms with Crippen molar-refractivity contribution in [3.63, 3.8) is 0 Å². The lowest BCUT2D eigenvalue weighted by atomic mass is 10.2. The molecule has 1 fully saturated rings. The molecule has 0 aromatic heterocycles. The van der Waals surface area contributed by atoms with Crippen molar-refractivity contribution in [3.8, 4) is 0 Å². The van der Waals surface area contributed by atoms with Crippen LogP contribution in [0.4, 0.5) is 13.2 Å². The highest BCUT2D eigenvalue weighted by atomic mass is 19.4. The number of allylic oxidation sites excluding steroid dienone is 1. The van der Waals surface area contributed by atoms with Crippen LogP contribution >= 0.6 is 0 Å². The normalized spacial score (nSPS) is 25.1. The second-order valence-corrected chi connectivity index (χ2v) is 2.71. The van der Waals surface area contributed by atoms with Crippen LogP contribution in [0.3, 0.4) is 0 Å². The summed E-state index contributed by atoms with van der Waals surface area (Å²) in [6.07, 6.45) is -3.60. The van der Waals surface area contributed by atoms with E-state index in [1.54, 1.807) is 0 Å².